The van der Waals surface area contributed by atoms with Crippen molar-refractivity contribution in [2.75, 3.05) is 18.5 Å². The van der Waals surface area contributed by atoms with E-state index in [1.54, 1.807) is 13.0 Å². The van der Waals surface area contributed by atoms with E-state index in [0.29, 0.717) is 24.9 Å². The molecule has 9 nitrogen and oxygen atoms in total. The van der Waals surface area contributed by atoms with Gasteiger partial charge < -0.3 is 25.8 Å². The molecule has 3 aromatic carbocycles. The highest BCUT2D eigenvalue weighted by Crippen LogP contribution is 2.21. The summed E-state index contributed by atoms with van der Waals surface area (Å²) in [5.41, 5.74) is 1.53. The first-order valence-electron chi connectivity index (χ1n) is 14.7. The van der Waals surface area contributed by atoms with Crippen molar-refractivity contribution in [3.8, 4) is 0 Å². The van der Waals surface area contributed by atoms with Crippen LogP contribution in [0, 0.1) is 11.8 Å². The number of anilines is 1. The van der Waals surface area contributed by atoms with Gasteiger partial charge in [0.25, 0.3) is 5.91 Å². The van der Waals surface area contributed by atoms with Crippen LogP contribution in [0.1, 0.15) is 38.2 Å². The second-order valence-corrected chi connectivity index (χ2v) is 11.0. The SMILES string of the molecule is C[C@H](CO)NC(=O)C[C@H]1CC=CCC[C@H](Cc2ccccc2)C(=O)OC[C@@H](C(=O)Nc2ccc3ccccc3c2)NC1=O. The van der Waals surface area contributed by atoms with Crippen LogP contribution in [-0.2, 0) is 30.3 Å². The second-order valence-electron chi connectivity index (χ2n) is 11.0. The smallest absolute Gasteiger partial charge is 0.309 e. The number of fused-ring (bicyclic) bond motifs is 1. The van der Waals surface area contributed by atoms with Gasteiger partial charge in [-0.2, -0.15) is 0 Å². The van der Waals surface area contributed by atoms with Gasteiger partial charge in [-0.05, 0) is 61.1 Å². The molecule has 0 spiro atoms. The monoisotopic (exact) mass is 585 g/mol. The average molecular weight is 586 g/mol. The lowest BCUT2D eigenvalue weighted by Crippen LogP contribution is -2.50. The molecule has 4 N–H and O–H groups in total. The first-order valence-corrected chi connectivity index (χ1v) is 14.7. The van der Waals surface area contributed by atoms with Crippen LogP contribution in [0.15, 0.2) is 84.9 Å². The number of aliphatic hydroxyl groups is 1. The van der Waals surface area contributed by atoms with Gasteiger partial charge in [0.2, 0.25) is 11.8 Å². The molecule has 3 aromatic rings. The van der Waals surface area contributed by atoms with E-state index in [0.717, 1.165) is 16.3 Å². The minimum Gasteiger partial charge on any atom is -0.463 e. The van der Waals surface area contributed by atoms with Gasteiger partial charge in [0.1, 0.15) is 12.6 Å². The number of hydrogen-bond acceptors (Lipinski definition) is 6. The maximum atomic E-state index is 13.5. The van der Waals surface area contributed by atoms with Gasteiger partial charge in [-0.3, -0.25) is 19.2 Å². The third-order valence-corrected chi connectivity index (χ3v) is 7.45. The fourth-order valence-electron chi connectivity index (χ4n) is 5.02. The molecule has 0 saturated carbocycles. The topological polar surface area (TPSA) is 134 Å². The molecule has 1 aliphatic rings. The lowest BCUT2D eigenvalue weighted by atomic mass is 9.94. The predicted molar refractivity (Wildman–Crippen MR) is 165 cm³/mol. The predicted octanol–water partition coefficient (Wildman–Crippen LogP) is 3.91. The molecule has 4 rings (SSSR count). The molecule has 43 heavy (non-hydrogen) atoms. The Hall–Kier alpha value is -4.50. The number of benzene rings is 3. The van der Waals surface area contributed by atoms with Gasteiger partial charge in [-0.1, -0.05) is 72.8 Å². The van der Waals surface area contributed by atoms with E-state index in [4.69, 9.17) is 4.74 Å². The normalized spacial score (nSPS) is 20.5. The summed E-state index contributed by atoms with van der Waals surface area (Å²) in [6, 6.07) is 21.2. The Morgan fingerprint density at radius 2 is 1.72 bits per heavy atom. The van der Waals surface area contributed by atoms with Gasteiger partial charge in [-0.15, -0.1) is 0 Å². The molecular weight excluding hydrogens is 546 g/mol. The molecule has 0 radical (unpaired) electrons. The van der Waals surface area contributed by atoms with Crippen molar-refractivity contribution in [1.82, 2.24) is 10.6 Å². The summed E-state index contributed by atoms with van der Waals surface area (Å²) in [6.07, 6.45) is 5.47. The van der Waals surface area contributed by atoms with E-state index < -0.39 is 41.7 Å². The minimum atomic E-state index is -1.19. The second kappa shape index (κ2) is 15.7. The molecule has 3 amide bonds. The summed E-state index contributed by atoms with van der Waals surface area (Å²) >= 11 is 0. The Kier molecular flexibility index (Phi) is 11.4. The van der Waals surface area contributed by atoms with Gasteiger partial charge >= 0.3 is 5.97 Å². The van der Waals surface area contributed by atoms with Gasteiger partial charge in [0, 0.05) is 18.2 Å². The number of allylic oxidation sites excluding steroid dienone is 2. The first-order chi connectivity index (χ1) is 20.8. The van der Waals surface area contributed by atoms with Crippen molar-refractivity contribution >= 4 is 40.2 Å². The molecule has 0 fully saturated rings. The van der Waals surface area contributed by atoms with Gasteiger partial charge in [0.05, 0.1) is 18.4 Å². The molecule has 0 unspecified atom stereocenters. The summed E-state index contributed by atoms with van der Waals surface area (Å²) in [5, 5.41) is 19.5. The van der Waals surface area contributed by atoms with E-state index in [1.165, 1.54) is 0 Å². The van der Waals surface area contributed by atoms with Crippen molar-refractivity contribution in [3.63, 3.8) is 0 Å². The van der Waals surface area contributed by atoms with Crippen LogP contribution in [0.3, 0.4) is 0 Å². The summed E-state index contributed by atoms with van der Waals surface area (Å²) in [5.74, 6) is -3.08. The summed E-state index contributed by atoms with van der Waals surface area (Å²) < 4.78 is 5.67. The number of hydrogen-bond donors (Lipinski definition) is 4. The molecule has 0 saturated heterocycles. The Bertz CT molecular complexity index is 1440. The van der Waals surface area contributed by atoms with Crippen LogP contribution < -0.4 is 16.0 Å². The molecule has 0 aliphatic carbocycles. The summed E-state index contributed by atoms with van der Waals surface area (Å²) in [4.78, 5) is 52.8. The van der Waals surface area contributed by atoms with E-state index in [-0.39, 0.29) is 32.0 Å². The van der Waals surface area contributed by atoms with Crippen LogP contribution in [0.5, 0.6) is 0 Å². The largest absolute Gasteiger partial charge is 0.463 e. The number of amides is 3. The van der Waals surface area contributed by atoms with Crippen LogP contribution in [0.25, 0.3) is 10.8 Å². The molecule has 9 heteroatoms. The molecular formula is C34H39N3O6. The molecule has 4 atom stereocenters. The lowest BCUT2D eigenvalue weighted by molar-refractivity contribution is -0.150. The zero-order valence-electron chi connectivity index (χ0n) is 24.3. The number of nitrogens with one attached hydrogen (secondary N) is 3. The van der Waals surface area contributed by atoms with E-state index >= 15 is 0 Å². The van der Waals surface area contributed by atoms with Crippen LogP contribution >= 0.6 is 0 Å². The molecule has 226 valence electrons. The Labute approximate surface area is 251 Å². The average Bonchev–Trinajstić information content (AvgIpc) is 3.02. The number of esters is 1. The van der Waals surface area contributed by atoms with Crippen molar-refractivity contribution in [2.45, 2.75) is 51.1 Å². The number of ether oxygens (including phenoxy) is 1. The van der Waals surface area contributed by atoms with Crippen molar-refractivity contribution < 1.29 is 29.0 Å². The fourth-order valence-corrected chi connectivity index (χ4v) is 5.02. The maximum Gasteiger partial charge on any atom is 0.309 e. The van der Waals surface area contributed by atoms with Gasteiger partial charge in [-0.25, -0.2) is 0 Å². The Morgan fingerprint density at radius 3 is 2.49 bits per heavy atom. The zero-order chi connectivity index (χ0) is 30.6. The van der Waals surface area contributed by atoms with Crippen molar-refractivity contribution in [2.24, 2.45) is 11.8 Å². The number of carbonyl (C=O) groups is 4. The summed E-state index contributed by atoms with van der Waals surface area (Å²) in [6.45, 7) is 1.08. The number of carbonyl (C=O) groups excluding carboxylic acids is 4. The zero-order valence-corrected chi connectivity index (χ0v) is 24.3. The standard InChI is InChI=1S/C34H39N3O6/c1-23(21-38)35-31(39)20-27-14-6-3-7-15-28(18-24-10-4-2-5-11-24)34(42)43-22-30(37-32(27)40)33(41)36-29-17-16-25-12-8-9-13-26(25)19-29/h2-6,8-13,16-17,19,23,27-28,30,38H,7,14-15,18,20-22H2,1H3,(H,35,39)(H,36,41)(H,37,40)/t23-,27-,28-,30+/m1/s1. The summed E-state index contributed by atoms with van der Waals surface area (Å²) in [7, 11) is 0. The molecule has 0 bridgehead atoms. The van der Waals surface area contributed by atoms with Crippen molar-refractivity contribution in [3.05, 3.63) is 90.5 Å². The van der Waals surface area contributed by atoms with Crippen molar-refractivity contribution in [1.29, 1.82) is 0 Å². The molecule has 1 heterocycles. The highest BCUT2D eigenvalue weighted by molar-refractivity contribution is 5.99. The van der Waals surface area contributed by atoms with Crippen LogP contribution in [0.2, 0.25) is 0 Å². The fraction of sp³-hybridized carbons (Fsp3) is 0.353. The molecule has 0 aromatic heterocycles. The first kappa shape index (κ1) is 31.4. The van der Waals surface area contributed by atoms with E-state index in [9.17, 15) is 24.3 Å². The highest BCUT2D eigenvalue weighted by atomic mass is 16.5. The maximum absolute atomic E-state index is 13.5. The quantitative estimate of drug-likeness (QED) is 0.234. The van der Waals surface area contributed by atoms with E-state index in [2.05, 4.69) is 16.0 Å². The lowest BCUT2D eigenvalue weighted by Gasteiger charge is -2.23. The third-order valence-electron chi connectivity index (χ3n) is 7.45. The highest BCUT2D eigenvalue weighted by Gasteiger charge is 2.30. The van der Waals surface area contributed by atoms with Crippen LogP contribution in [-0.4, -0.2) is 54.1 Å². The van der Waals surface area contributed by atoms with Crippen LogP contribution in [0.4, 0.5) is 5.69 Å². The molecule has 1 aliphatic heterocycles. The third kappa shape index (κ3) is 9.51. The number of cyclic esters (lactones) is 1. The Balaban J connectivity index is 1.55. The number of rotatable bonds is 8. The Morgan fingerprint density at radius 1 is 0.977 bits per heavy atom. The minimum absolute atomic E-state index is 0.129. The van der Waals surface area contributed by atoms with Gasteiger partial charge in [0.15, 0.2) is 0 Å². The number of aliphatic hydroxyl groups excluding tert-OH is 1. The van der Waals surface area contributed by atoms with E-state index in [1.807, 2.05) is 78.9 Å².